The van der Waals surface area contributed by atoms with E-state index >= 15 is 0 Å². The summed E-state index contributed by atoms with van der Waals surface area (Å²) in [5.74, 6) is -5.08. The summed E-state index contributed by atoms with van der Waals surface area (Å²) < 4.78 is 19.7. The molecule has 0 bridgehead atoms. The molecule has 2 heterocycles. The Kier molecular flexibility index (Phi) is 7.77. The molecule has 6 unspecified atom stereocenters. The number of hydrogen-bond acceptors (Lipinski definition) is 6. The number of fused-ring (bicyclic) bond motifs is 4. The molecule has 3 fully saturated rings. The van der Waals surface area contributed by atoms with Crippen LogP contribution in [0.1, 0.15) is 36.8 Å². The molecule has 2 aliphatic carbocycles. The van der Waals surface area contributed by atoms with Crippen molar-refractivity contribution < 1.29 is 33.4 Å². The Hall–Kier alpha value is -4.05. The van der Waals surface area contributed by atoms with Crippen LogP contribution in [0.5, 0.6) is 5.75 Å². The number of aliphatic hydroxyl groups is 1. The summed E-state index contributed by atoms with van der Waals surface area (Å²) in [6.45, 7) is 3.57. The molecule has 2 aliphatic heterocycles. The van der Waals surface area contributed by atoms with Crippen molar-refractivity contribution in [2.75, 3.05) is 23.0 Å². The number of amides is 4. The molecule has 4 aliphatic rings. The molecule has 3 aromatic carbocycles. The molecule has 7 rings (SSSR count). The largest absolute Gasteiger partial charge is 0.491 e. The number of aryl methyl sites for hydroxylation is 1. The highest BCUT2D eigenvalue weighted by Gasteiger charge is 2.67. The second-order valence-electron chi connectivity index (χ2n) is 12.8. The zero-order valence-electron chi connectivity index (χ0n) is 25.6. The second-order valence-corrected chi connectivity index (χ2v) is 13.7. The van der Waals surface area contributed by atoms with E-state index in [0.717, 1.165) is 27.7 Å². The maximum Gasteiger partial charge on any atom is 0.241 e. The average molecular weight is 678 g/mol. The highest BCUT2D eigenvalue weighted by Crippen LogP contribution is 2.63. The summed E-state index contributed by atoms with van der Waals surface area (Å²) in [6.07, 6.45) is 2.45. The van der Waals surface area contributed by atoms with Crippen molar-refractivity contribution >= 4 is 58.2 Å². The monoisotopic (exact) mass is 676 g/mol. The van der Waals surface area contributed by atoms with E-state index in [1.54, 1.807) is 37.3 Å². The third kappa shape index (κ3) is 4.73. The lowest BCUT2D eigenvalue weighted by molar-refractivity contribution is -0.131. The van der Waals surface area contributed by atoms with Crippen LogP contribution < -0.4 is 14.5 Å². The number of rotatable bonds is 6. The molecule has 1 N–H and O–H groups in total. The van der Waals surface area contributed by atoms with E-state index in [2.05, 4.69) is 0 Å². The molecule has 47 heavy (non-hydrogen) atoms. The fourth-order valence-electron chi connectivity index (χ4n) is 8.16. The number of halogens is 3. The normalized spacial score (nSPS) is 28.3. The van der Waals surface area contributed by atoms with Crippen LogP contribution in [0, 0.1) is 41.8 Å². The van der Waals surface area contributed by atoms with Crippen LogP contribution in [0.4, 0.5) is 15.8 Å². The molecular weight excluding hydrogens is 646 g/mol. The van der Waals surface area contributed by atoms with Gasteiger partial charge in [0.2, 0.25) is 23.6 Å². The Balaban J connectivity index is 1.34. The first-order valence-corrected chi connectivity index (χ1v) is 16.2. The standard InChI is InChI=1S/C36H31Cl2FN2O6/c1-18-3-6-20(15-27(18)37)40-32(43)24-11-10-23-25(30(24)34(40)45)17-26-33(44)41(21-7-12-29(39)28(38)16-21)35(46)36(26,2)31(23)19-4-8-22(9-5-19)47-14-13-42/h3-10,12,15-16,24-26,30-31,42H,11,13-14,17H2,1-2H3. The zero-order valence-corrected chi connectivity index (χ0v) is 27.1. The lowest BCUT2D eigenvalue weighted by Gasteiger charge is -2.49. The summed E-state index contributed by atoms with van der Waals surface area (Å²) in [6, 6.07) is 16.0. The molecule has 3 aromatic rings. The molecule has 4 amide bonds. The summed E-state index contributed by atoms with van der Waals surface area (Å²) in [4.78, 5) is 59.2. The van der Waals surface area contributed by atoms with Crippen molar-refractivity contribution in [3.8, 4) is 5.75 Å². The Morgan fingerprint density at radius 3 is 2.26 bits per heavy atom. The highest BCUT2D eigenvalue weighted by atomic mass is 35.5. The van der Waals surface area contributed by atoms with Crippen LogP contribution in [0.3, 0.4) is 0 Å². The van der Waals surface area contributed by atoms with Gasteiger partial charge in [-0.05, 0) is 86.2 Å². The van der Waals surface area contributed by atoms with Gasteiger partial charge in [0.1, 0.15) is 18.2 Å². The number of nitrogens with zero attached hydrogens (tertiary/aromatic N) is 2. The zero-order chi connectivity index (χ0) is 33.4. The van der Waals surface area contributed by atoms with Crippen molar-refractivity contribution in [1.82, 2.24) is 0 Å². The van der Waals surface area contributed by atoms with Crippen molar-refractivity contribution in [2.24, 2.45) is 29.1 Å². The van der Waals surface area contributed by atoms with Crippen LogP contribution in [-0.4, -0.2) is 41.9 Å². The topological polar surface area (TPSA) is 104 Å². The van der Waals surface area contributed by atoms with E-state index < -0.39 is 52.6 Å². The summed E-state index contributed by atoms with van der Waals surface area (Å²) in [5.41, 5.74) is 1.68. The van der Waals surface area contributed by atoms with Gasteiger partial charge in [-0.25, -0.2) is 14.2 Å². The number of benzene rings is 3. The van der Waals surface area contributed by atoms with Gasteiger partial charge >= 0.3 is 0 Å². The quantitative estimate of drug-likeness (QED) is 0.245. The molecule has 8 nitrogen and oxygen atoms in total. The molecule has 242 valence electrons. The van der Waals surface area contributed by atoms with Gasteiger partial charge in [0, 0.05) is 10.9 Å². The average Bonchev–Trinajstić information content (AvgIpc) is 3.42. The smallest absolute Gasteiger partial charge is 0.241 e. The van der Waals surface area contributed by atoms with E-state index in [-0.39, 0.29) is 42.2 Å². The number of carbonyl (C=O) groups is 4. The summed E-state index contributed by atoms with van der Waals surface area (Å²) in [5, 5.41) is 9.41. The summed E-state index contributed by atoms with van der Waals surface area (Å²) in [7, 11) is 0. The first-order chi connectivity index (χ1) is 22.5. The number of anilines is 2. The lowest BCUT2D eigenvalue weighted by atomic mass is 9.51. The van der Waals surface area contributed by atoms with Gasteiger partial charge in [0.05, 0.1) is 46.2 Å². The molecule has 0 radical (unpaired) electrons. The SMILES string of the molecule is Cc1ccc(N2C(=O)C3CC=C4C(CC5C(=O)N(c6ccc(F)c(Cl)c6)C(=O)C5(C)C4c4ccc(OCCO)cc4)C3C2=O)cc1Cl. The fraction of sp³-hybridized carbons (Fsp3) is 0.333. The van der Waals surface area contributed by atoms with Crippen molar-refractivity contribution in [3.05, 3.63) is 99.3 Å². The van der Waals surface area contributed by atoms with Crippen molar-refractivity contribution in [1.29, 1.82) is 0 Å². The third-order valence-corrected chi connectivity index (χ3v) is 11.1. The van der Waals surface area contributed by atoms with Gasteiger partial charge in [-0.15, -0.1) is 0 Å². The number of allylic oxidation sites excluding steroid dienone is 2. The summed E-state index contributed by atoms with van der Waals surface area (Å²) >= 11 is 12.5. The van der Waals surface area contributed by atoms with Crippen LogP contribution in [0.2, 0.25) is 10.0 Å². The first kappa shape index (κ1) is 31.5. The van der Waals surface area contributed by atoms with E-state index in [4.69, 9.17) is 27.9 Å². The lowest BCUT2D eigenvalue weighted by Crippen LogP contribution is -2.48. The van der Waals surface area contributed by atoms with Gasteiger partial charge in [0.25, 0.3) is 0 Å². The third-order valence-electron chi connectivity index (χ3n) is 10.4. The minimum Gasteiger partial charge on any atom is -0.491 e. The van der Waals surface area contributed by atoms with Crippen molar-refractivity contribution in [3.63, 3.8) is 0 Å². The fourth-order valence-corrected chi connectivity index (χ4v) is 8.51. The van der Waals surface area contributed by atoms with Gasteiger partial charge in [-0.2, -0.15) is 0 Å². The Bertz CT molecular complexity index is 1880. The molecule has 1 saturated carbocycles. The van der Waals surface area contributed by atoms with Gasteiger partial charge in [-0.1, -0.05) is 53.1 Å². The molecule has 6 atom stereocenters. The van der Waals surface area contributed by atoms with Crippen LogP contribution in [0.15, 0.2) is 72.3 Å². The van der Waals surface area contributed by atoms with Gasteiger partial charge in [0.15, 0.2) is 0 Å². The molecule has 11 heteroatoms. The maximum absolute atomic E-state index is 14.5. The Morgan fingerprint density at radius 2 is 1.57 bits per heavy atom. The number of hydrogen-bond donors (Lipinski definition) is 1. The van der Waals surface area contributed by atoms with Crippen LogP contribution in [0.25, 0.3) is 0 Å². The minimum atomic E-state index is -1.27. The molecule has 0 spiro atoms. The van der Waals surface area contributed by atoms with E-state index in [0.29, 0.717) is 22.9 Å². The molecular formula is C36H31Cl2FN2O6. The maximum atomic E-state index is 14.5. The number of carbonyl (C=O) groups excluding carboxylic acids is 4. The van der Waals surface area contributed by atoms with E-state index in [9.17, 15) is 28.7 Å². The number of aliphatic hydroxyl groups excluding tert-OH is 1. The highest BCUT2D eigenvalue weighted by molar-refractivity contribution is 6.32. The van der Waals surface area contributed by atoms with Gasteiger partial charge in [-0.3, -0.25) is 19.2 Å². The number of imide groups is 2. The van der Waals surface area contributed by atoms with E-state index in [1.165, 1.54) is 17.0 Å². The Labute approximate surface area is 280 Å². The minimum absolute atomic E-state index is 0.111. The predicted molar refractivity (Wildman–Crippen MR) is 174 cm³/mol. The van der Waals surface area contributed by atoms with Crippen molar-refractivity contribution in [2.45, 2.75) is 32.6 Å². The first-order valence-electron chi connectivity index (χ1n) is 15.5. The van der Waals surface area contributed by atoms with Gasteiger partial charge < -0.3 is 9.84 Å². The van der Waals surface area contributed by atoms with Crippen LogP contribution in [-0.2, 0) is 19.2 Å². The van der Waals surface area contributed by atoms with E-state index in [1.807, 2.05) is 25.1 Å². The molecule has 0 aromatic heterocycles. The predicted octanol–water partition coefficient (Wildman–Crippen LogP) is 6.25. The molecule has 2 saturated heterocycles. The van der Waals surface area contributed by atoms with Crippen LogP contribution >= 0.6 is 23.2 Å². The number of ether oxygens (including phenoxy) is 1. The Morgan fingerprint density at radius 1 is 0.894 bits per heavy atom. The second kappa shape index (κ2) is 11.6.